The van der Waals surface area contributed by atoms with Crippen LogP contribution in [0.5, 0.6) is 17.2 Å². The summed E-state index contributed by atoms with van der Waals surface area (Å²) >= 11 is 0. The first-order valence-electron chi connectivity index (χ1n) is 19.8. The number of carbonyl (C=O) groups is 2. The van der Waals surface area contributed by atoms with Crippen molar-refractivity contribution in [3.63, 3.8) is 0 Å². The van der Waals surface area contributed by atoms with E-state index in [1.165, 1.54) is 0 Å². The molecule has 1 aliphatic heterocycles. The maximum Gasteiger partial charge on any atom is 0.481 e. The largest absolute Gasteiger partial charge is 0.493 e. The Hall–Kier alpha value is -4.22. The molecular formula is C44H60BN3O7. The molecule has 2 bridgehead atoms. The molecule has 1 heterocycles. The summed E-state index contributed by atoms with van der Waals surface area (Å²) in [5.41, 5.74) is 3.45. The quantitative estimate of drug-likeness (QED) is 0.130. The zero-order valence-corrected chi connectivity index (χ0v) is 34.2. The number of ether oxygens (including phenoxy) is 3. The van der Waals surface area contributed by atoms with Crippen LogP contribution in [0, 0.1) is 29.1 Å². The second-order valence-corrected chi connectivity index (χ2v) is 17.2. The Morgan fingerprint density at radius 1 is 0.836 bits per heavy atom. The van der Waals surface area contributed by atoms with Crippen LogP contribution >= 0.6 is 0 Å². The third-order valence-electron chi connectivity index (χ3n) is 12.4. The minimum atomic E-state index is -0.812. The summed E-state index contributed by atoms with van der Waals surface area (Å²) < 4.78 is 30.3. The Balaban J connectivity index is 1.24. The van der Waals surface area contributed by atoms with E-state index in [1.807, 2.05) is 68.4 Å². The smallest absolute Gasteiger partial charge is 0.481 e. The summed E-state index contributed by atoms with van der Waals surface area (Å²) in [6.45, 7) is 15.0. The van der Waals surface area contributed by atoms with Gasteiger partial charge in [0.05, 0.1) is 39.0 Å². The van der Waals surface area contributed by atoms with Crippen LogP contribution < -0.4 is 30.2 Å². The second kappa shape index (κ2) is 16.5. The molecule has 3 aromatic carbocycles. The molecule has 0 spiro atoms. The molecule has 0 radical (unpaired) electrons. The summed E-state index contributed by atoms with van der Waals surface area (Å²) in [4.78, 5) is 28.8. The number of methoxy groups -OCH3 is 3. The van der Waals surface area contributed by atoms with Crippen LogP contribution in [-0.2, 0) is 25.3 Å². The van der Waals surface area contributed by atoms with Crippen LogP contribution in [0.25, 0.3) is 11.1 Å². The zero-order valence-electron chi connectivity index (χ0n) is 34.2. The Labute approximate surface area is 327 Å². The molecule has 55 heavy (non-hydrogen) atoms. The summed E-state index contributed by atoms with van der Waals surface area (Å²) in [5, 5.41) is 9.91. The van der Waals surface area contributed by atoms with Gasteiger partial charge in [0.25, 0.3) is 0 Å². The van der Waals surface area contributed by atoms with Gasteiger partial charge >= 0.3 is 7.12 Å². The Morgan fingerprint density at radius 3 is 2.11 bits per heavy atom. The molecule has 3 N–H and O–H groups in total. The first-order chi connectivity index (χ1) is 26.2. The Bertz CT molecular complexity index is 1790. The third-order valence-corrected chi connectivity index (χ3v) is 12.4. The summed E-state index contributed by atoms with van der Waals surface area (Å²) in [5.74, 6) is 1.61. The van der Waals surface area contributed by atoms with E-state index in [1.54, 1.807) is 21.3 Å². The number of anilines is 1. The van der Waals surface area contributed by atoms with Crippen LogP contribution in [0.3, 0.4) is 0 Å². The fourth-order valence-electron chi connectivity index (χ4n) is 9.20. The van der Waals surface area contributed by atoms with E-state index in [0.717, 1.165) is 35.2 Å². The van der Waals surface area contributed by atoms with E-state index in [9.17, 15) is 9.59 Å². The van der Waals surface area contributed by atoms with Crippen LogP contribution in [-0.4, -0.2) is 70.0 Å². The van der Waals surface area contributed by atoms with Crippen molar-refractivity contribution in [2.45, 2.75) is 104 Å². The molecule has 3 aliphatic carbocycles. The van der Waals surface area contributed by atoms with Gasteiger partial charge in [0, 0.05) is 12.1 Å². The number of rotatable bonds is 16. The Morgan fingerprint density at radius 2 is 1.51 bits per heavy atom. The van der Waals surface area contributed by atoms with Gasteiger partial charge in [-0.15, -0.1) is 0 Å². The number of amides is 2. The van der Waals surface area contributed by atoms with Crippen molar-refractivity contribution in [1.82, 2.24) is 10.6 Å². The fourth-order valence-corrected chi connectivity index (χ4v) is 9.20. The third kappa shape index (κ3) is 8.34. The average molecular weight is 754 g/mol. The van der Waals surface area contributed by atoms with Crippen molar-refractivity contribution in [2.75, 3.05) is 26.6 Å². The van der Waals surface area contributed by atoms with Gasteiger partial charge in [-0.2, -0.15) is 0 Å². The van der Waals surface area contributed by atoms with Gasteiger partial charge in [0.1, 0.15) is 12.1 Å². The predicted molar refractivity (Wildman–Crippen MR) is 217 cm³/mol. The lowest BCUT2D eigenvalue weighted by molar-refractivity contribution is -0.199. The monoisotopic (exact) mass is 753 g/mol. The summed E-state index contributed by atoms with van der Waals surface area (Å²) in [7, 11) is 4.13. The van der Waals surface area contributed by atoms with E-state index in [-0.39, 0.29) is 47.5 Å². The fraction of sp³-hybridized carbons (Fsp3) is 0.545. The van der Waals surface area contributed by atoms with Gasteiger partial charge < -0.3 is 39.5 Å². The maximum atomic E-state index is 14.5. The number of carbonyl (C=O) groups excluding carboxylic acids is 2. The van der Waals surface area contributed by atoms with Gasteiger partial charge in [-0.3, -0.25) is 9.59 Å². The molecule has 3 aromatic rings. The van der Waals surface area contributed by atoms with Crippen LogP contribution in [0.4, 0.5) is 5.69 Å². The molecule has 296 valence electrons. The standard InChI is InChI=1S/C44H60BN3O7/c1-26(2)19-38(45-54-37-25-31-24-36(43(31,5)6)44(37,7)55-45)47-42(50)39(27(3)4)48-41(49)33(20-28-21-34(51-8)40(53-10)35(22-28)52-9)46-32-18-14-17-30(23-32)29-15-12-11-13-16-29/h11-18,21-23,26-27,31,33,36-39,46H,19-20,24-25H2,1-10H3,(H,47,50)(H,48,49)/t31-,33-,36-,37+,38-,39+,44-/m0/s1. The first kappa shape index (κ1) is 40.4. The lowest BCUT2D eigenvalue weighted by atomic mass is 9.43. The van der Waals surface area contributed by atoms with Gasteiger partial charge in [0.15, 0.2) is 11.5 Å². The SMILES string of the molecule is COc1cc(C[C@H](Nc2cccc(-c3ccccc3)c2)C(=O)N[C@@H](C(=O)N[C@@H](CC(C)C)B2O[C@@H]3C[C@@H]4C[C@@H](C4(C)C)[C@]3(C)O2)C(C)C)cc(OC)c1OC. The topological polar surface area (TPSA) is 116 Å². The molecule has 10 nitrogen and oxygen atoms in total. The van der Waals surface area contributed by atoms with E-state index >= 15 is 0 Å². The molecule has 3 saturated carbocycles. The van der Waals surface area contributed by atoms with E-state index in [4.69, 9.17) is 23.5 Å². The highest BCUT2D eigenvalue weighted by Gasteiger charge is 2.68. The maximum absolute atomic E-state index is 14.5. The molecule has 0 unspecified atom stereocenters. The summed E-state index contributed by atoms with van der Waals surface area (Å²) in [6, 6.07) is 20.2. The predicted octanol–water partition coefficient (Wildman–Crippen LogP) is 7.34. The van der Waals surface area contributed by atoms with E-state index in [0.29, 0.717) is 35.5 Å². The van der Waals surface area contributed by atoms with E-state index in [2.05, 4.69) is 62.7 Å². The number of nitrogens with one attached hydrogen (secondary N) is 3. The highest BCUT2D eigenvalue weighted by molar-refractivity contribution is 6.48. The normalized spacial score (nSPS) is 23.9. The van der Waals surface area contributed by atoms with Crippen molar-refractivity contribution in [3.05, 3.63) is 72.3 Å². The molecule has 11 heteroatoms. The van der Waals surface area contributed by atoms with Crippen molar-refractivity contribution >= 4 is 24.6 Å². The molecule has 7 rings (SSSR count). The minimum Gasteiger partial charge on any atom is -0.493 e. The number of benzene rings is 3. The van der Waals surface area contributed by atoms with Crippen molar-refractivity contribution < 1.29 is 33.1 Å². The van der Waals surface area contributed by atoms with Crippen LogP contribution in [0.1, 0.15) is 73.3 Å². The van der Waals surface area contributed by atoms with Crippen molar-refractivity contribution in [2.24, 2.45) is 29.1 Å². The molecule has 7 atom stereocenters. The van der Waals surface area contributed by atoms with Crippen molar-refractivity contribution in [1.29, 1.82) is 0 Å². The highest BCUT2D eigenvalue weighted by Crippen LogP contribution is 2.65. The highest BCUT2D eigenvalue weighted by atomic mass is 16.7. The summed E-state index contributed by atoms with van der Waals surface area (Å²) in [6.07, 6.45) is 3.07. The van der Waals surface area contributed by atoms with Crippen LogP contribution in [0.15, 0.2) is 66.7 Å². The molecule has 4 fully saturated rings. The van der Waals surface area contributed by atoms with Gasteiger partial charge in [-0.25, -0.2) is 0 Å². The van der Waals surface area contributed by atoms with Gasteiger partial charge in [0.2, 0.25) is 17.6 Å². The van der Waals surface area contributed by atoms with Crippen molar-refractivity contribution in [3.8, 4) is 28.4 Å². The molecule has 0 aromatic heterocycles. The van der Waals surface area contributed by atoms with Crippen LogP contribution in [0.2, 0.25) is 0 Å². The number of hydrogen-bond donors (Lipinski definition) is 3. The minimum absolute atomic E-state index is 0.00358. The molecule has 2 amide bonds. The molecule has 4 aliphatic rings. The first-order valence-corrected chi connectivity index (χ1v) is 19.8. The lowest BCUT2D eigenvalue weighted by Gasteiger charge is -2.64. The number of hydrogen-bond acceptors (Lipinski definition) is 8. The van der Waals surface area contributed by atoms with Gasteiger partial charge in [-0.1, -0.05) is 84.0 Å². The van der Waals surface area contributed by atoms with E-state index < -0.39 is 24.8 Å². The lowest BCUT2D eigenvalue weighted by Crippen LogP contribution is -2.65. The Kier molecular flexibility index (Phi) is 12.1. The second-order valence-electron chi connectivity index (χ2n) is 17.2. The van der Waals surface area contributed by atoms with Gasteiger partial charge in [-0.05, 0) is 96.2 Å². The molecule has 1 saturated heterocycles. The zero-order chi connectivity index (χ0) is 39.7. The average Bonchev–Trinajstić information content (AvgIpc) is 3.53. The molecular weight excluding hydrogens is 693 g/mol.